The van der Waals surface area contributed by atoms with Gasteiger partial charge in [0.1, 0.15) is 0 Å². The van der Waals surface area contributed by atoms with Crippen LogP contribution in [0.1, 0.15) is 5.56 Å². The molecule has 1 aromatic carbocycles. The van der Waals surface area contributed by atoms with E-state index in [1.807, 2.05) is 24.3 Å². The highest BCUT2D eigenvalue weighted by Gasteiger charge is 2.35. The summed E-state index contributed by atoms with van der Waals surface area (Å²) in [6.45, 7) is 1.08. The Morgan fingerprint density at radius 3 is 2.86 bits per heavy atom. The molecule has 6 heteroatoms. The SMILES string of the molecule is O=C(O)C1Cc2ccccc2N(C(=O)C2CSCCN2)C1. The number of anilines is 1. The van der Waals surface area contributed by atoms with Gasteiger partial charge < -0.3 is 15.3 Å². The summed E-state index contributed by atoms with van der Waals surface area (Å²) >= 11 is 1.76. The van der Waals surface area contributed by atoms with Crippen molar-refractivity contribution in [2.24, 2.45) is 5.92 Å². The second-order valence-electron chi connectivity index (χ2n) is 5.40. The van der Waals surface area contributed by atoms with Gasteiger partial charge in [-0.3, -0.25) is 9.59 Å². The van der Waals surface area contributed by atoms with Crippen molar-refractivity contribution in [3.05, 3.63) is 29.8 Å². The van der Waals surface area contributed by atoms with E-state index in [-0.39, 0.29) is 18.5 Å². The van der Waals surface area contributed by atoms with Gasteiger partial charge in [-0.05, 0) is 18.1 Å². The summed E-state index contributed by atoms with van der Waals surface area (Å²) < 4.78 is 0. The molecule has 2 aliphatic heterocycles. The molecule has 2 atom stereocenters. The van der Waals surface area contributed by atoms with E-state index in [1.165, 1.54) is 0 Å². The third kappa shape index (κ3) is 2.91. The van der Waals surface area contributed by atoms with Crippen molar-refractivity contribution in [3.63, 3.8) is 0 Å². The number of rotatable bonds is 2. The number of para-hydroxylation sites is 1. The normalized spacial score (nSPS) is 25.2. The number of nitrogens with one attached hydrogen (secondary N) is 1. The van der Waals surface area contributed by atoms with E-state index in [2.05, 4.69) is 5.32 Å². The van der Waals surface area contributed by atoms with Crippen LogP contribution in [0.5, 0.6) is 0 Å². The first-order valence-corrected chi connectivity index (χ1v) is 8.25. The Bertz CT molecular complexity index is 558. The van der Waals surface area contributed by atoms with Crippen molar-refractivity contribution < 1.29 is 14.7 Å². The highest BCUT2D eigenvalue weighted by Crippen LogP contribution is 2.30. The molecule has 2 unspecified atom stereocenters. The van der Waals surface area contributed by atoms with E-state index in [9.17, 15) is 14.7 Å². The van der Waals surface area contributed by atoms with Gasteiger partial charge in [0.25, 0.3) is 0 Å². The van der Waals surface area contributed by atoms with E-state index in [0.717, 1.165) is 29.3 Å². The molecule has 3 rings (SSSR count). The van der Waals surface area contributed by atoms with Crippen molar-refractivity contribution in [1.82, 2.24) is 5.32 Å². The van der Waals surface area contributed by atoms with Crippen molar-refractivity contribution in [2.45, 2.75) is 12.5 Å². The minimum atomic E-state index is -0.840. The maximum Gasteiger partial charge on any atom is 0.308 e. The van der Waals surface area contributed by atoms with E-state index in [0.29, 0.717) is 6.42 Å². The number of amides is 1. The predicted molar refractivity (Wildman–Crippen MR) is 82.7 cm³/mol. The molecular formula is C15H18N2O3S. The summed E-state index contributed by atoms with van der Waals surface area (Å²) in [4.78, 5) is 25.7. The van der Waals surface area contributed by atoms with Crippen molar-refractivity contribution in [1.29, 1.82) is 0 Å². The summed E-state index contributed by atoms with van der Waals surface area (Å²) in [6.07, 6.45) is 0.488. The standard InChI is InChI=1S/C15H18N2O3S/c18-14(12-9-21-6-5-16-12)17-8-11(15(19)20)7-10-3-1-2-4-13(10)17/h1-4,11-12,16H,5-9H2,(H,19,20). The molecule has 1 amide bonds. The van der Waals surface area contributed by atoms with E-state index < -0.39 is 11.9 Å². The Balaban J connectivity index is 1.88. The summed E-state index contributed by atoms with van der Waals surface area (Å²) in [7, 11) is 0. The van der Waals surface area contributed by atoms with Gasteiger partial charge in [0.15, 0.2) is 0 Å². The predicted octanol–water partition coefficient (Wildman–Crippen LogP) is 0.982. The second-order valence-corrected chi connectivity index (χ2v) is 6.55. The van der Waals surface area contributed by atoms with Gasteiger partial charge in [-0.1, -0.05) is 18.2 Å². The Labute approximate surface area is 127 Å². The van der Waals surface area contributed by atoms with Crippen LogP contribution in [0, 0.1) is 5.92 Å². The van der Waals surface area contributed by atoms with Crippen LogP contribution in [0.2, 0.25) is 0 Å². The number of nitrogens with zero attached hydrogens (tertiary/aromatic N) is 1. The van der Waals surface area contributed by atoms with Crippen molar-refractivity contribution in [2.75, 3.05) is 29.5 Å². The Hall–Kier alpha value is -1.53. The molecule has 2 heterocycles. The molecule has 0 aliphatic carbocycles. The third-order valence-electron chi connectivity index (χ3n) is 3.99. The number of hydrogen-bond donors (Lipinski definition) is 2. The number of benzene rings is 1. The smallest absolute Gasteiger partial charge is 0.308 e. The molecule has 0 spiro atoms. The molecule has 2 N–H and O–H groups in total. The van der Waals surface area contributed by atoms with Gasteiger partial charge in [0.2, 0.25) is 5.91 Å². The van der Waals surface area contributed by atoms with Crippen LogP contribution in [0.4, 0.5) is 5.69 Å². The van der Waals surface area contributed by atoms with Crippen molar-refractivity contribution in [3.8, 4) is 0 Å². The number of carboxylic acids is 1. The lowest BCUT2D eigenvalue weighted by atomic mass is 9.92. The molecule has 0 aromatic heterocycles. The molecule has 2 aliphatic rings. The number of thioether (sulfide) groups is 1. The first-order valence-electron chi connectivity index (χ1n) is 7.10. The monoisotopic (exact) mass is 306 g/mol. The van der Waals surface area contributed by atoms with Gasteiger partial charge in [0, 0.05) is 30.3 Å². The van der Waals surface area contributed by atoms with Crippen LogP contribution in [0.25, 0.3) is 0 Å². The molecule has 21 heavy (non-hydrogen) atoms. The number of hydrogen-bond acceptors (Lipinski definition) is 4. The van der Waals surface area contributed by atoms with E-state index in [4.69, 9.17) is 0 Å². The summed E-state index contributed by atoms with van der Waals surface area (Å²) in [5, 5.41) is 12.5. The summed E-state index contributed by atoms with van der Waals surface area (Å²) in [5.41, 5.74) is 1.80. The van der Waals surface area contributed by atoms with E-state index >= 15 is 0 Å². The minimum Gasteiger partial charge on any atom is -0.481 e. The zero-order chi connectivity index (χ0) is 14.8. The molecular weight excluding hydrogens is 288 g/mol. The van der Waals surface area contributed by atoms with Gasteiger partial charge in [-0.25, -0.2) is 0 Å². The molecule has 5 nitrogen and oxygen atoms in total. The molecule has 0 radical (unpaired) electrons. The molecule has 1 saturated heterocycles. The largest absolute Gasteiger partial charge is 0.481 e. The van der Waals surface area contributed by atoms with E-state index in [1.54, 1.807) is 16.7 Å². The van der Waals surface area contributed by atoms with Gasteiger partial charge in [-0.15, -0.1) is 0 Å². The van der Waals surface area contributed by atoms with Crippen LogP contribution < -0.4 is 10.2 Å². The molecule has 112 valence electrons. The van der Waals surface area contributed by atoms with Crippen LogP contribution in [-0.2, 0) is 16.0 Å². The molecule has 1 aromatic rings. The molecule has 1 fully saturated rings. The van der Waals surface area contributed by atoms with Crippen molar-refractivity contribution >= 4 is 29.3 Å². The summed E-state index contributed by atoms with van der Waals surface area (Å²) in [5.74, 6) is 0.377. The third-order valence-corrected chi connectivity index (χ3v) is 5.05. The number of fused-ring (bicyclic) bond motifs is 1. The minimum absolute atomic E-state index is 0.0133. The second kappa shape index (κ2) is 6.07. The fourth-order valence-electron chi connectivity index (χ4n) is 2.88. The maximum absolute atomic E-state index is 12.7. The Kier molecular flexibility index (Phi) is 4.17. The number of carbonyl (C=O) groups excluding carboxylic acids is 1. The van der Waals surface area contributed by atoms with Gasteiger partial charge >= 0.3 is 5.97 Å². The first kappa shape index (κ1) is 14.4. The molecule has 0 saturated carbocycles. The number of carboxylic acid groups (broad SMARTS) is 1. The maximum atomic E-state index is 12.7. The Morgan fingerprint density at radius 1 is 1.33 bits per heavy atom. The average molecular weight is 306 g/mol. The highest BCUT2D eigenvalue weighted by molar-refractivity contribution is 7.99. The topological polar surface area (TPSA) is 69.6 Å². The fraction of sp³-hybridized carbons (Fsp3) is 0.467. The zero-order valence-corrected chi connectivity index (χ0v) is 12.4. The first-order chi connectivity index (χ1) is 10.2. The van der Waals surface area contributed by atoms with Crippen LogP contribution in [-0.4, -0.2) is 47.6 Å². The highest BCUT2D eigenvalue weighted by atomic mass is 32.2. The lowest BCUT2D eigenvalue weighted by Gasteiger charge is -2.36. The van der Waals surface area contributed by atoms with Gasteiger partial charge in [0.05, 0.1) is 12.0 Å². The fourth-order valence-corrected chi connectivity index (χ4v) is 3.81. The van der Waals surface area contributed by atoms with Crippen LogP contribution in [0.3, 0.4) is 0 Å². The lowest BCUT2D eigenvalue weighted by Crippen LogP contribution is -2.53. The average Bonchev–Trinajstić information content (AvgIpc) is 2.54. The number of carbonyl (C=O) groups is 2. The van der Waals surface area contributed by atoms with Gasteiger partial charge in [-0.2, -0.15) is 11.8 Å². The zero-order valence-electron chi connectivity index (χ0n) is 11.6. The number of aliphatic carboxylic acids is 1. The quantitative estimate of drug-likeness (QED) is 0.852. The molecule has 0 bridgehead atoms. The van der Waals surface area contributed by atoms with Crippen LogP contribution in [0.15, 0.2) is 24.3 Å². The Morgan fingerprint density at radius 2 is 2.14 bits per heavy atom. The summed E-state index contributed by atoms with van der Waals surface area (Å²) in [6, 6.07) is 7.38. The van der Waals surface area contributed by atoms with Crippen LogP contribution >= 0.6 is 11.8 Å². The lowest BCUT2D eigenvalue weighted by molar-refractivity contribution is -0.141.